The number of aromatic nitrogens is 3. The summed E-state index contributed by atoms with van der Waals surface area (Å²) in [5.74, 6) is -4.79. The molecule has 2 aliphatic heterocycles. The molecule has 5 amide bonds. The average Bonchev–Trinajstić information content (AvgIpc) is 3.71. The zero-order valence-electron chi connectivity index (χ0n) is 29.2. The number of piperidine rings is 1. The van der Waals surface area contributed by atoms with Crippen LogP contribution in [0.3, 0.4) is 0 Å². The second-order valence-corrected chi connectivity index (χ2v) is 12.6. The highest BCUT2D eigenvalue weighted by Gasteiger charge is 2.46. The fourth-order valence-corrected chi connectivity index (χ4v) is 6.02. The molecule has 300 valence electrons. The number of amides is 5. The number of nitrogens with zero attached hydrogens (tertiary/aromatic N) is 5. The lowest BCUT2D eigenvalue weighted by Crippen LogP contribution is -2.57. The fourth-order valence-electron chi connectivity index (χ4n) is 6.02. The summed E-state index contributed by atoms with van der Waals surface area (Å²) in [5.41, 5.74) is -5.39. The topological polar surface area (TPSA) is 185 Å². The first-order valence-electron chi connectivity index (χ1n) is 16.6. The van der Waals surface area contributed by atoms with Crippen molar-refractivity contribution in [1.29, 1.82) is 0 Å². The molecule has 15 nitrogen and oxygen atoms in total. The largest absolute Gasteiger partial charge is 0.420 e. The molecule has 0 saturated carbocycles. The molecular formula is C35H28F7N7O8. The summed E-state index contributed by atoms with van der Waals surface area (Å²) >= 11 is 0. The van der Waals surface area contributed by atoms with Crippen LogP contribution >= 0.6 is 0 Å². The van der Waals surface area contributed by atoms with Crippen molar-refractivity contribution in [3.8, 4) is 17.0 Å². The Morgan fingerprint density at radius 2 is 1.72 bits per heavy atom. The van der Waals surface area contributed by atoms with Crippen LogP contribution in [0.2, 0.25) is 0 Å². The lowest BCUT2D eigenvalue weighted by molar-refractivity contribution is -0.143. The van der Waals surface area contributed by atoms with E-state index in [1.165, 1.54) is 18.2 Å². The van der Waals surface area contributed by atoms with E-state index in [0.717, 1.165) is 47.1 Å². The van der Waals surface area contributed by atoms with Crippen molar-refractivity contribution in [3.63, 3.8) is 0 Å². The van der Waals surface area contributed by atoms with Crippen LogP contribution in [0.5, 0.6) is 5.75 Å². The molecule has 0 bridgehead atoms. The molecule has 22 heteroatoms. The third-order valence-corrected chi connectivity index (χ3v) is 8.80. The smallest absolute Gasteiger partial charge is 0.409 e. The van der Waals surface area contributed by atoms with E-state index < -0.39 is 94.9 Å². The normalized spacial score (nSPS) is 17.0. The maximum absolute atomic E-state index is 14.2. The van der Waals surface area contributed by atoms with Crippen LogP contribution in [-0.2, 0) is 33.2 Å². The number of alkyl halides is 6. The monoisotopic (exact) mass is 807 g/mol. The van der Waals surface area contributed by atoms with Crippen LogP contribution < -0.4 is 20.3 Å². The van der Waals surface area contributed by atoms with Gasteiger partial charge in [-0.25, -0.2) is 13.9 Å². The number of nitrogens with one attached hydrogen (secondary N) is 2. The van der Waals surface area contributed by atoms with Crippen molar-refractivity contribution in [2.75, 3.05) is 30.5 Å². The molecule has 2 unspecified atom stereocenters. The van der Waals surface area contributed by atoms with Gasteiger partial charge in [-0.15, -0.1) is 5.10 Å². The highest BCUT2D eigenvalue weighted by atomic mass is 19.4. The van der Waals surface area contributed by atoms with Crippen LogP contribution in [0.15, 0.2) is 60.8 Å². The highest BCUT2D eigenvalue weighted by Crippen LogP contribution is 2.46. The predicted octanol–water partition coefficient (Wildman–Crippen LogP) is 4.61. The Bertz CT molecular complexity index is 2250. The van der Waals surface area contributed by atoms with Gasteiger partial charge in [-0.1, -0.05) is 11.3 Å². The van der Waals surface area contributed by atoms with E-state index >= 15 is 0 Å². The summed E-state index contributed by atoms with van der Waals surface area (Å²) in [6, 6.07) is 7.30. The minimum Gasteiger partial charge on any atom is -0.409 e. The predicted molar refractivity (Wildman–Crippen MR) is 180 cm³/mol. The van der Waals surface area contributed by atoms with Crippen molar-refractivity contribution >= 4 is 41.1 Å². The first-order chi connectivity index (χ1) is 26.8. The van der Waals surface area contributed by atoms with Gasteiger partial charge in [0, 0.05) is 24.7 Å². The number of rotatable bonds is 10. The Morgan fingerprint density at radius 1 is 1.00 bits per heavy atom. The Morgan fingerprint density at radius 3 is 2.39 bits per heavy atom. The lowest BCUT2D eigenvalue weighted by atomic mass is 10.0. The van der Waals surface area contributed by atoms with Crippen molar-refractivity contribution in [2.45, 2.75) is 44.0 Å². The summed E-state index contributed by atoms with van der Waals surface area (Å²) in [5, 5.41) is 22.4. The SMILES string of the molecule is CN(C(=O)Oc1c(-c2cn(CCOCC(=O)Nc3cccc4c3C(=O)N(C3CCC(=O)NC3O)C4=O)nn2)cc(C(F)(F)F)cc1C(F)(F)F)c1ccc(F)cc1. The number of imide groups is 1. The fraction of sp³-hybridized carbons (Fsp3) is 0.286. The van der Waals surface area contributed by atoms with E-state index in [1.54, 1.807) is 0 Å². The molecule has 3 N–H and O–H groups in total. The third-order valence-electron chi connectivity index (χ3n) is 8.80. The van der Waals surface area contributed by atoms with Gasteiger partial charge >= 0.3 is 18.4 Å². The van der Waals surface area contributed by atoms with Crippen molar-refractivity contribution in [2.24, 2.45) is 0 Å². The Labute approximate surface area is 315 Å². The van der Waals surface area contributed by atoms with E-state index in [4.69, 9.17) is 9.47 Å². The first kappa shape index (κ1) is 40.2. The highest BCUT2D eigenvalue weighted by molar-refractivity contribution is 6.24. The number of carbonyl (C=O) groups is 5. The average molecular weight is 808 g/mol. The molecule has 1 aromatic heterocycles. The standard InChI is InChI=1S/C35H28F7N7O8/c1-47(19-7-5-18(36)6-8-19)33(55)57-29-21(13-17(34(37,38)39)14-22(29)35(40,41)42)24-15-48(46-45-24)11-12-56-16-27(51)43-23-4-2-3-20-28(23)32(54)49(31(20)53)25-9-10-26(50)44-30(25)52/h2-8,13-15,25,30,52H,9-12,16H2,1H3,(H,43,51)(H,44,50). The van der Waals surface area contributed by atoms with Crippen LogP contribution in [0.25, 0.3) is 11.3 Å². The Kier molecular flexibility index (Phi) is 11.0. The number of aliphatic hydroxyl groups excluding tert-OH is 1. The van der Waals surface area contributed by atoms with Crippen LogP contribution in [-0.4, -0.2) is 87.3 Å². The molecule has 1 saturated heterocycles. The molecule has 6 rings (SSSR count). The number of anilines is 2. The van der Waals surface area contributed by atoms with Gasteiger partial charge in [0.1, 0.15) is 24.3 Å². The van der Waals surface area contributed by atoms with Gasteiger partial charge in [-0.3, -0.25) is 29.0 Å². The zero-order valence-corrected chi connectivity index (χ0v) is 29.2. The first-order valence-corrected chi connectivity index (χ1v) is 16.6. The molecule has 4 aromatic rings. The number of carbonyl (C=O) groups excluding carboxylic acids is 5. The molecule has 0 spiro atoms. The van der Waals surface area contributed by atoms with Gasteiger partial charge in [0.15, 0.2) is 5.75 Å². The van der Waals surface area contributed by atoms with Gasteiger partial charge in [-0.2, -0.15) is 26.3 Å². The molecule has 0 aliphatic carbocycles. The van der Waals surface area contributed by atoms with Crippen LogP contribution in [0.1, 0.15) is 44.7 Å². The maximum atomic E-state index is 14.2. The minimum atomic E-state index is -5.45. The number of hydrogen-bond acceptors (Lipinski definition) is 10. The van der Waals surface area contributed by atoms with Crippen molar-refractivity contribution in [3.05, 3.63) is 88.9 Å². The molecule has 3 heterocycles. The quantitative estimate of drug-likeness (QED) is 0.116. The summed E-state index contributed by atoms with van der Waals surface area (Å²) in [6.45, 7) is -1.17. The number of aliphatic hydroxyl groups is 1. The molecule has 2 atom stereocenters. The Hall–Kier alpha value is -6.42. The number of fused-ring (bicyclic) bond motifs is 1. The maximum Gasteiger partial charge on any atom is 0.420 e. The summed E-state index contributed by atoms with van der Waals surface area (Å²) in [6.07, 6.45) is -12.8. The van der Waals surface area contributed by atoms with Gasteiger partial charge in [-0.05, 0) is 55.0 Å². The van der Waals surface area contributed by atoms with Gasteiger partial charge in [0.05, 0.1) is 53.3 Å². The summed E-state index contributed by atoms with van der Waals surface area (Å²) in [7, 11) is 1.08. The van der Waals surface area contributed by atoms with Gasteiger partial charge in [0.2, 0.25) is 11.8 Å². The second-order valence-electron chi connectivity index (χ2n) is 12.6. The van der Waals surface area contributed by atoms with Gasteiger partial charge in [0.25, 0.3) is 11.8 Å². The molecular weight excluding hydrogens is 779 g/mol. The minimum absolute atomic E-state index is 0.0148. The molecule has 3 aromatic carbocycles. The molecule has 0 radical (unpaired) electrons. The van der Waals surface area contributed by atoms with Crippen molar-refractivity contribution < 1.29 is 69.3 Å². The number of halogens is 7. The van der Waals surface area contributed by atoms with Crippen LogP contribution in [0.4, 0.5) is 46.9 Å². The summed E-state index contributed by atoms with van der Waals surface area (Å²) < 4.78 is 109. The third kappa shape index (κ3) is 8.55. The van der Waals surface area contributed by atoms with E-state index in [-0.39, 0.29) is 54.6 Å². The lowest BCUT2D eigenvalue weighted by Gasteiger charge is -2.33. The van der Waals surface area contributed by atoms with E-state index in [0.29, 0.717) is 11.0 Å². The second kappa shape index (κ2) is 15.6. The molecule has 1 fully saturated rings. The number of hydrogen-bond donors (Lipinski definition) is 3. The number of ether oxygens (including phenoxy) is 2. The molecule has 2 aliphatic rings. The van der Waals surface area contributed by atoms with Gasteiger partial charge < -0.3 is 25.2 Å². The van der Waals surface area contributed by atoms with E-state index in [9.17, 15) is 59.8 Å². The van der Waals surface area contributed by atoms with Crippen molar-refractivity contribution in [1.82, 2.24) is 25.2 Å². The van der Waals surface area contributed by atoms with E-state index in [1.807, 2.05) is 0 Å². The number of benzene rings is 3. The Balaban J connectivity index is 1.14. The van der Waals surface area contributed by atoms with E-state index in [2.05, 4.69) is 20.9 Å². The van der Waals surface area contributed by atoms with Crippen LogP contribution in [0, 0.1) is 5.82 Å². The summed E-state index contributed by atoms with van der Waals surface area (Å²) in [4.78, 5) is 65.2. The molecule has 57 heavy (non-hydrogen) atoms. The zero-order chi connectivity index (χ0) is 41.4.